The lowest BCUT2D eigenvalue weighted by Crippen LogP contribution is -1.75. The predicted molar refractivity (Wildman–Crippen MR) is 46.2 cm³/mol. The highest BCUT2D eigenvalue weighted by atomic mass is 79.9. The Hall–Kier alpha value is -0.210. The standard InChI is InChI=1S/C6H6ClN.BrH/c7-8-6-4-2-1-3-5-6;/h1-5,8H;1H. The van der Waals surface area contributed by atoms with Gasteiger partial charge in [0.05, 0.1) is 0 Å². The Kier molecular flexibility index (Phi) is 4.54. The van der Waals surface area contributed by atoms with Crippen LogP contribution < -0.4 is 4.84 Å². The van der Waals surface area contributed by atoms with Crippen molar-refractivity contribution < 1.29 is 0 Å². The molecule has 0 amide bonds. The lowest BCUT2D eigenvalue weighted by atomic mass is 10.3. The van der Waals surface area contributed by atoms with E-state index in [0.717, 1.165) is 5.69 Å². The Morgan fingerprint density at radius 1 is 1.11 bits per heavy atom. The fourth-order valence-electron chi connectivity index (χ4n) is 0.501. The van der Waals surface area contributed by atoms with Crippen LogP contribution in [0, 0.1) is 0 Å². The Labute approximate surface area is 69.9 Å². The molecule has 3 heteroatoms. The van der Waals surface area contributed by atoms with Gasteiger partial charge in [-0.15, -0.1) is 17.0 Å². The number of anilines is 1. The Balaban J connectivity index is 0.000000640. The van der Waals surface area contributed by atoms with Crippen LogP contribution in [0.15, 0.2) is 30.3 Å². The molecule has 50 valence electrons. The smallest absolute Gasteiger partial charge is 0.0491 e. The summed E-state index contributed by atoms with van der Waals surface area (Å²) in [5.74, 6) is 0. The van der Waals surface area contributed by atoms with Gasteiger partial charge in [-0.05, 0) is 12.1 Å². The van der Waals surface area contributed by atoms with Crippen LogP contribution >= 0.6 is 28.8 Å². The van der Waals surface area contributed by atoms with E-state index in [1.807, 2.05) is 30.3 Å². The van der Waals surface area contributed by atoms with E-state index in [4.69, 9.17) is 11.8 Å². The molecule has 0 saturated carbocycles. The van der Waals surface area contributed by atoms with Gasteiger partial charge in [0, 0.05) is 17.5 Å². The summed E-state index contributed by atoms with van der Waals surface area (Å²) in [6.45, 7) is 0. The van der Waals surface area contributed by atoms with Gasteiger partial charge in [-0.25, -0.2) is 0 Å². The fraction of sp³-hybridized carbons (Fsp3) is 0. The summed E-state index contributed by atoms with van der Waals surface area (Å²) in [6.07, 6.45) is 0. The van der Waals surface area contributed by atoms with Crippen LogP contribution in [-0.4, -0.2) is 0 Å². The molecule has 0 aromatic heterocycles. The number of hydrogen-bond donors (Lipinski definition) is 1. The molecule has 0 unspecified atom stereocenters. The summed E-state index contributed by atoms with van der Waals surface area (Å²) in [7, 11) is 0. The molecule has 0 spiro atoms. The normalized spacial score (nSPS) is 7.67. The van der Waals surface area contributed by atoms with Crippen molar-refractivity contribution in [3.8, 4) is 0 Å². The number of nitrogens with one attached hydrogen (secondary N) is 1. The number of para-hydroxylation sites is 1. The van der Waals surface area contributed by atoms with Gasteiger partial charge in [0.25, 0.3) is 0 Å². The van der Waals surface area contributed by atoms with Crippen LogP contribution in [0.5, 0.6) is 0 Å². The Morgan fingerprint density at radius 2 is 1.67 bits per heavy atom. The first-order valence-corrected chi connectivity index (χ1v) is 2.73. The molecule has 1 rings (SSSR count). The molecule has 0 atom stereocenters. The molecular formula is C6H7BrClN. The summed E-state index contributed by atoms with van der Waals surface area (Å²) in [5, 5.41) is 0. The lowest BCUT2D eigenvalue weighted by Gasteiger charge is -1.91. The maximum Gasteiger partial charge on any atom is 0.0491 e. The number of halogens is 2. The highest BCUT2D eigenvalue weighted by Gasteiger charge is 1.79. The van der Waals surface area contributed by atoms with E-state index in [-0.39, 0.29) is 17.0 Å². The van der Waals surface area contributed by atoms with Crippen molar-refractivity contribution in [2.45, 2.75) is 0 Å². The molecule has 0 bridgehead atoms. The Morgan fingerprint density at radius 3 is 2.00 bits per heavy atom. The van der Waals surface area contributed by atoms with Gasteiger partial charge < -0.3 is 0 Å². The number of benzene rings is 1. The second-order valence-corrected chi connectivity index (χ2v) is 1.65. The molecule has 1 nitrogen and oxygen atoms in total. The van der Waals surface area contributed by atoms with Crippen molar-refractivity contribution in [3.05, 3.63) is 30.3 Å². The Bertz CT molecular complexity index is 154. The quantitative estimate of drug-likeness (QED) is 0.700. The zero-order chi connectivity index (χ0) is 5.82. The van der Waals surface area contributed by atoms with Gasteiger partial charge in [-0.2, -0.15) is 0 Å². The van der Waals surface area contributed by atoms with E-state index in [0.29, 0.717) is 0 Å². The first-order valence-electron chi connectivity index (χ1n) is 2.35. The van der Waals surface area contributed by atoms with Crippen molar-refractivity contribution in [2.75, 3.05) is 4.84 Å². The molecule has 1 N–H and O–H groups in total. The third kappa shape index (κ3) is 2.72. The van der Waals surface area contributed by atoms with Crippen molar-refractivity contribution in [3.63, 3.8) is 0 Å². The monoisotopic (exact) mass is 207 g/mol. The van der Waals surface area contributed by atoms with Gasteiger partial charge >= 0.3 is 0 Å². The third-order valence-corrected chi connectivity index (χ3v) is 1.10. The first-order chi connectivity index (χ1) is 3.93. The minimum absolute atomic E-state index is 0. The predicted octanol–water partition coefficient (Wildman–Crippen LogP) is 2.83. The lowest BCUT2D eigenvalue weighted by molar-refractivity contribution is 1.68. The largest absolute Gasteiger partial charge is 0.299 e. The summed E-state index contributed by atoms with van der Waals surface area (Å²) >= 11 is 5.28. The van der Waals surface area contributed by atoms with E-state index in [9.17, 15) is 0 Å². The van der Waals surface area contributed by atoms with Crippen LogP contribution in [0.2, 0.25) is 0 Å². The number of hydrogen-bond acceptors (Lipinski definition) is 1. The molecule has 0 aliphatic heterocycles. The van der Waals surface area contributed by atoms with Gasteiger partial charge in [0.1, 0.15) is 0 Å². The van der Waals surface area contributed by atoms with Gasteiger partial charge in [-0.1, -0.05) is 18.2 Å². The maximum atomic E-state index is 5.28. The average Bonchev–Trinajstić information content (AvgIpc) is 1.90. The van der Waals surface area contributed by atoms with E-state index < -0.39 is 0 Å². The topological polar surface area (TPSA) is 12.0 Å². The minimum Gasteiger partial charge on any atom is -0.299 e. The molecule has 0 fully saturated rings. The van der Waals surface area contributed by atoms with Crippen LogP contribution in [0.3, 0.4) is 0 Å². The SMILES string of the molecule is Br.ClNc1ccccc1. The molecule has 1 aromatic rings. The van der Waals surface area contributed by atoms with Crippen molar-refractivity contribution in [2.24, 2.45) is 0 Å². The fourth-order valence-corrected chi connectivity index (χ4v) is 0.627. The molecule has 0 heterocycles. The second-order valence-electron chi connectivity index (χ2n) is 1.46. The van der Waals surface area contributed by atoms with E-state index in [1.54, 1.807) is 0 Å². The summed E-state index contributed by atoms with van der Waals surface area (Å²) < 4.78 is 0. The summed E-state index contributed by atoms with van der Waals surface area (Å²) in [5.41, 5.74) is 0.925. The van der Waals surface area contributed by atoms with E-state index in [1.165, 1.54) is 0 Å². The molecule has 0 aliphatic carbocycles. The third-order valence-electron chi connectivity index (χ3n) is 0.883. The molecule has 1 aromatic carbocycles. The van der Waals surface area contributed by atoms with Crippen molar-refractivity contribution >= 4 is 34.4 Å². The summed E-state index contributed by atoms with van der Waals surface area (Å²) in [4.78, 5) is 2.50. The zero-order valence-electron chi connectivity index (χ0n) is 4.67. The van der Waals surface area contributed by atoms with Crippen LogP contribution in [-0.2, 0) is 0 Å². The van der Waals surface area contributed by atoms with Gasteiger partial charge in [-0.3, -0.25) is 4.84 Å². The highest BCUT2D eigenvalue weighted by molar-refractivity contribution is 8.93. The molecule has 0 saturated heterocycles. The zero-order valence-corrected chi connectivity index (χ0v) is 7.14. The second kappa shape index (κ2) is 4.65. The first kappa shape index (κ1) is 8.79. The van der Waals surface area contributed by atoms with E-state index >= 15 is 0 Å². The van der Waals surface area contributed by atoms with Gasteiger partial charge in [0.2, 0.25) is 0 Å². The number of rotatable bonds is 1. The highest BCUT2D eigenvalue weighted by Crippen LogP contribution is 2.04. The van der Waals surface area contributed by atoms with Crippen LogP contribution in [0.1, 0.15) is 0 Å². The molecule has 0 aliphatic rings. The molecular weight excluding hydrogens is 201 g/mol. The molecule has 9 heavy (non-hydrogen) atoms. The van der Waals surface area contributed by atoms with Crippen molar-refractivity contribution in [1.82, 2.24) is 0 Å². The van der Waals surface area contributed by atoms with E-state index in [2.05, 4.69) is 4.84 Å². The van der Waals surface area contributed by atoms with Crippen molar-refractivity contribution in [1.29, 1.82) is 0 Å². The van der Waals surface area contributed by atoms with Gasteiger partial charge in [0.15, 0.2) is 0 Å². The van der Waals surface area contributed by atoms with Crippen LogP contribution in [0.25, 0.3) is 0 Å². The molecule has 0 radical (unpaired) electrons. The average molecular weight is 208 g/mol. The minimum atomic E-state index is 0. The van der Waals surface area contributed by atoms with Crippen LogP contribution in [0.4, 0.5) is 5.69 Å². The summed E-state index contributed by atoms with van der Waals surface area (Å²) in [6, 6.07) is 9.58. The maximum absolute atomic E-state index is 5.28.